The number of fused-ring (bicyclic) bond motifs is 8. The van der Waals surface area contributed by atoms with Crippen molar-refractivity contribution < 1.29 is 4.42 Å². The maximum Gasteiger partial charge on any atom is 0.137 e. The fraction of sp³-hybridized carbons (Fsp3) is 0. The number of nitrogens with zero attached hydrogens (tertiary/aromatic N) is 4. The summed E-state index contributed by atoms with van der Waals surface area (Å²) in [6.45, 7) is 0. The number of benzene rings is 8. The van der Waals surface area contributed by atoms with E-state index in [0.29, 0.717) is 0 Å². The Morgan fingerprint density at radius 1 is 0.449 bits per heavy atom. The highest BCUT2D eigenvalue weighted by Gasteiger charge is 2.16. The van der Waals surface area contributed by atoms with E-state index in [9.17, 15) is 0 Å². The van der Waals surface area contributed by atoms with Crippen LogP contribution < -0.4 is 4.90 Å². The Morgan fingerprint density at radius 2 is 1.10 bits per heavy atom. The molecule has 10 aromatic rings. The molecule has 49 heavy (non-hydrogen) atoms. The number of para-hydroxylation sites is 3. The molecular formula is C44H28N4O. The third-order valence-corrected chi connectivity index (χ3v) is 9.43. The smallest absolute Gasteiger partial charge is 0.137 e. The molecule has 0 bridgehead atoms. The number of furan rings is 1. The van der Waals surface area contributed by atoms with E-state index in [4.69, 9.17) is 14.6 Å². The van der Waals surface area contributed by atoms with Gasteiger partial charge in [0, 0.05) is 39.3 Å². The van der Waals surface area contributed by atoms with Crippen molar-refractivity contribution in [1.82, 2.24) is 15.0 Å². The highest BCUT2D eigenvalue weighted by molar-refractivity contribution is 6.18. The van der Waals surface area contributed by atoms with Crippen LogP contribution in [0.2, 0.25) is 0 Å². The molecule has 0 fully saturated rings. The standard InChI is InChI=1S/C44H28N4O/c1-3-9-33(10-4-1)47(36-23-25-39-38-13-7-8-14-41(38)49-42(39)28-36)34-21-17-29(18-22-34)31-19-24-37-32(27-31)16-15-30-20-26-40-44(43(30)37)46-48(45-40)35-11-5-2-6-12-35/h1-28H. The second kappa shape index (κ2) is 10.9. The lowest BCUT2D eigenvalue weighted by atomic mass is 9.96. The van der Waals surface area contributed by atoms with Gasteiger partial charge in [0.25, 0.3) is 0 Å². The maximum absolute atomic E-state index is 6.26. The van der Waals surface area contributed by atoms with Crippen LogP contribution in [0.4, 0.5) is 17.1 Å². The first-order chi connectivity index (χ1) is 24.3. The summed E-state index contributed by atoms with van der Waals surface area (Å²) in [5, 5.41) is 16.6. The van der Waals surface area contributed by atoms with Gasteiger partial charge in [-0.05, 0) is 94.0 Å². The number of hydrogen-bond acceptors (Lipinski definition) is 4. The zero-order valence-electron chi connectivity index (χ0n) is 26.4. The van der Waals surface area contributed by atoms with Gasteiger partial charge in [-0.25, -0.2) is 0 Å². The number of hydrogen-bond donors (Lipinski definition) is 0. The predicted molar refractivity (Wildman–Crippen MR) is 201 cm³/mol. The van der Waals surface area contributed by atoms with Gasteiger partial charge < -0.3 is 9.32 Å². The van der Waals surface area contributed by atoms with E-state index < -0.39 is 0 Å². The van der Waals surface area contributed by atoms with Crippen LogP contribution in [0.1, 0.15) is 0 Å². The average Bonchev–Trinajstić information content (AvgIpc) is 3.77. The first-order valence-electron chi connectivity index (χ1n) is 16.4. The first kappa shape index (κ1) is 27.4. The summed E-state index contributed by atoms with van der Waals surface area (Å²) in [4.78, 5) is 4.00. The monoisotopic (exact) mass is 628 g/mol. The predicted octanol–water partition coefficient (Wildman–Crippen LogP) is 11.8. The van der Waals surface area contributed by atoms with Crippen molar-refractivity contribution in [3.05, 3.63) is 170 Å². The molecule has 0 unspecified atom stereocenters. The first-order valence-corrected chi connectivity index (χ1v) is 16.4. The van der Waals surface area contributed by atoms with Crippen LogP contribution in [-0.2, 0) is 0 Å². The molecule has 2 aromatic heterocycles. The highest BCUT2D eigenvalue weighted by atomic mass is 16.3. The van der Waals surface area contributed by atoms with Gasteiger partial charge in [0.2, 0.25) is 0 Å². The van der Waals surface area contributed by atoms with Crippen LogP contribution in [0.5, 0.6) is 0 Å². The van der Waals surface area contributed by atoms with Crippen LogP contribution in [0.25, 0.3) is 71.3 Å². The summed E-state index contributed by atoms with van der Waals surface area (Å²) in [6, 6.07) is 59.3. The SMILES string of the molecule is c1ccc(N(c2ccc(-c3ccc4c(ccc5ccc6nn(-c7ccccc7)nc6c54)c3)cc2)c2ccc3c(c2)oc2ccccc23)cc1. The average molecular weight is 629 g/mol. The van der Waals surface area contributed by atoms with Gasteiger partial charge in [-0.15, -0.1) is 10.2 Å². The molecule has 5 heteroatoms. The molecule has 8 aromatic carbocycles. The zero-order valence-corrected chi connectivity index (χ0v) is 26.4. The molecule has 0 spiro atoms. The van der Waals surface area contributed by atoms with Crippen LogP contribution in [0, 0.1) is 0 Å². The lowest BCUT2D eigenvalue weighted by Crippen LogP contribution is -2.09. The van der Waals surface area contributed by atoms with Crippen molar-refractivity contribution >= 4 is 71.6 Å². The quantitative estimate of drug-likeness (QED) is 0.178. The molecule has 230 valence electrons. The highest BCUT2D eigenvalue weighted by Crippen LogP contribution is 2.39. The fourth-order valence-corrected chi connectivity index (χ4v) is 7.06. The normalized spacial score (nSPS) is 11.7. The second-order valence-corrected chi connectivity index (χ2v) is 12.4. The van der Waals surface area contributed by atoms with E-state index in [2.05, 4.69) is 126 Å². The molecular weight excluding hydrogens is 601 g/mol. The van der Waals surface area contributed by atoms with Gasteiger partial charge >= 0.3 is 0 Å². The Hall–Kier alpha value is -6.72. The number of anilines is 3. The van der Waals surface area contributed by atoms with Crippen molar-refractivity contribution in [3.8, 4) is 16.8 Å². The van der Waals surface area contributed by atoms with Gasteiger partial charge in [0.05, 0.1) is 5.69 Å². The number of aromatic nitrogens is 3. The van der Waals surface area contributed by atoms with Gasteiger partial charge in [-0.3, -0.25) is 0 Å². The van der Waals surface area contributed by atoms with Crippen molar-refractivity contribution in [2.45, 2.75) is 0 Å². The van der Waals surface area contributed by atoms with E-state index in [0.717, 1.165) is 77.6 Å². The summed E-state index contributed by atoms with van der Waals surface area (Å²) >= 11 is 0. The molecule has 0 saturated heterocycles. The van der Waals surface area contributed by atoms with Crippen LogP contribution in [0.3, 0.4) is 0 Å². The van der Waals surface area contributed by atoms with E-state index in [-0.39, 0.29) is 0 Å². The molecule has 0 radical (unpaired) electrons. The molecule has 0 N–H and O–H groups in total. The van der Waals surface area contributed by atoms with Crippen LogP contribution >= 0.6 is 0 Å². The molecule has 10 rings (SSSR count). The Bertz CT molecular complexity index is 2820. The number of rotatable bonds is 5. The Balaban J connectivity index is 1.04. The van der Waals surface area contributed by atoms with E-state index in [1.165, 1.54) is 10.8 Å². The summed E-state index contributed by atoms with van der Waals surface area (Å²) in [5.74, 6) is 0. The summed E-state index contributed by atoms with van der Waals surface area (Å²) in [6.07, 6.45) is 0. The maximum atomic E-state index is 6.26. The minimum Gasteiger partial charge on any atom is -0.456 e. The third kappa shape index (κ3) is 4.55. The van der Waals surface area contributed by atoms with Crippen LogP contribution in [-0.4, -0.2) is 15.0 Å². The van der Waals surface area contributed by atoms with Crippen molar-refractivity contribution in [3.63, 3.8) is 0 Å². The largest absolute Gasteiger partial charge is 0.456 e. The Kier molecular flexibility index (Phi) is 6.11. The van der Waals surface area contributed by atoms with Crippen molar-refractivity contribution in [1.29, 1.82) is 0 Å². The molecule has 0 atom stereocenters. The van der Waals surface area contributed by atoms with Gasteiger partial charge in [-0.2, -0.15) is 4.80 Å². The summed E-state index contributed by atoms with van der Waals surface area (Å²) in [5.41, 5.74) is 10.0. The molecule has 0 amide bonds. The lowest BCUT2D eigenvalue weighted by molar-refractivity contribution is 0.669. The van der Waals surface area contributed by atoms with Gasteiger partial charge in [-0.1, -0.05) is 97.1 Å². The van der Waals surface area contributed by atoms with E-state index >= 15 is 0 Å². The third-order valence-electron chi connectivity index (χ3n) is 9.43. The molecule has 0 saturated carbocycles. The summed E-state index contributed by atoms with van der Waals surface area (Å²) < 4.78 is 6.26. The Morgan fingerprint density at radius 3 is 1.96 bits per heavy atom. The van der Waals surface area contributed by atoms with Gasteiger partial charge in [0.1, 0.15) is 22.2 Å². The topological polar surface area (TPSA) is 47.1 Å². The van der Waals surface area contributed by atoms with Gasteiger partial charge in [0.15, 0.2) is 0 Å². The fourth-order valence-electron chi connectivity index (χ4n) is 7.06. The minimum atomic E-state index is 0.875. The van der Waals surface area contributed by atoms with E-state index in [1.54, 1.807) is 4.80 Å². The minimum absolute atomic E-state index is 0.875. The van der Waals surface area contributed by atoms with E-state index in [1.807, 2.05) is 48.5 Å². The molecule has 5 nitrogen and oxygen atoms in total. The summed E-state index contributed by atoms with van der Waals surface area (Å²) in [7, 11) is 0. The second-order valence-electron chi connectivity index (χ2n) is 12.4. The molecule has 0 aliphatic heterocycles. The lowest BCUT2D eigenvalue weighted by Gasteiger charge is -2.25. The molecule has 0 aliphatic rings. The molecule has 2 heterocycles. The van der Waals surface area contributed by atoms with Crippen molar-refractivity contribution in [2.75, 3.05) is 4.90 Å². The molecule has 0 aliphatic carbocycles. The zero-order chi connectivity index (χ0) is 32.3. The Labute approximate surface area is 281 Å². The van der Waals surface area contributed by atoms with Crippen molar-refractivity contribution in [2.24, 2.45) is 0 Å². The van der Waals surface area contributed by atoms with Crippen LogP contribution in [0.15, 0.2) is 174 Å².